The Bertz CT molecular complexity index is 1170. The molecule has 0 aliphatic carbocycles. The van der Waals surface area contributed by atoms with Crippen molar-refractivity contribution >= 4 is 23.1 Å². The average Bonchev–Trinajstić information content (AvgIpc) is 3.21. The van der Waals surface area contributed by atoms with Gasteiger partial charge in [0, 0.05) is 24.0 Å². The third-order valence-corrected chi connectivity index (χ3v) is 4.59. The van der Waals surface area contributed by atoms with Gasteiger partial charge in [0.2, 0.25) is 0 Å². The summed E-state index contributed by atoms with van der Waals surface area (Å²) < 4.78 is 12.4. The Kier molecular flexibility index (Phi) is 5.47. The number of hydrogen-bond acceptors (Lipinski definition) is 6. The van der Waals surface area contributed by atoms with Gasteiger partial charge in [0.15, 0.2) is 17.1 Å². The van der Waals surface area contributed by atoms with Gasteiger partial charge in [-0.1, -0.05) is 30.3 Å². The number of rotatable bonds is 7. The molecule has 0 saturated carbocycles. The molecule has 4 rings (SSSR count). The minimum absolute atomic E-state index is 0.268. The Labute approximate surface area is 173 Å². The maximum Gasteiger partial charge on any atom is 0.261 e. The first-order valence-corrected chi connectivity index (χ1v) is 9.34. The van der Waals surface area contributed by atoms with E-state index in [1.54, 1.807) is 31.0 Å². The maximum atomic E-state index is 12.7. The molecule has 152 valence electrons. The van der Waals surface area contributed by atoms with Crippen molar-refractivity contribution in [2.75, 3.05) is 24.9 Å². The molecule has 2 aromatic carbocycles. The van der Waals surface area contributed by atoms with Gasteiger partial charge in [-0.25, -0.2) is 9.50 Å². The number of carbonyl (C=O) groups is 1. The summed E-state index contributed by atoms with van der Waals surface area (Å²) in [5.74, 6) is 1.67. The van der Waals surface area contributed by atoms with Gasteiger partial charge >= 0.3 is 0 Å². The largest absolute Gasteiger partial charge is 0.493 e. The van der Waals surface area contributed by atoms with Crippen LogP contribution in [0.5, 0.6) is 11.5 Å². The fraction of sp³-hybridized carbons (Fsp3) is 0.136. The van der Waals surface area contributed by atoms with Gasteiger partial charge < -0.3 is 20.1 Å². The fourth-order valence-electron chi connectivity index (χ4n) is 3.13. The summed E-state index contributed by atoms with van der Waals surface area (Å²) in [6.45, 7) is 0.475. The number of ether oxygens (including phenoxy) is 2. The van der Waals surface area contributed by atoms with Crippen LogP contribution in [-0.4, -0.2) is 34.7 Å². The van der Waals surface area contributed by atoms with Crippen molar-refractivity contribution in [2.24, 2.45) is 0 Å². The van der Waals surface area contributed by atoms with Crippen LogP contribution in [0.3, 0.4) is 0 Å². The lowest BCUT2D eigenvalue weighted by atomic mass is 10.2. The first-order valence-electron chi connectivity index (χ1n) is 9.34. The highest BCUT2D eigenvalue weighted by Gasteiger charge is 2.15. The first kappa shape index (κ1) is 19.3. The number of hydrogen-bond donors (Lipinski definition) is 2. The van der Waals surface area contributed by atoms with Crippen LogP contribution in [0.2, 0.25) is 0 Å². The predicted molar refractivity (Wildman–Crippen MR) is 114 cm³/mol. The smallest absolute Gasteiger partial charge is 0.261 e. The molecule has 0 bridgehead atoms. The first-order chi connectivity index (χ1) is 14.7. The molecule has 0 aliphatic rings. The van der Waals surface area contributed by atoms with Gasteiger partial charge in [-0.3, -0.25) is 4.79 Å². The zero-order chi connectivity index (χ0) is 20.9. The number of aromatic nitrogens is 3. The number of carbonyl (C=O) groups excluding carboxylic acids is 1. The SMILES string of the molecule is COc1cccc(CNc2ccn3ncc(C(=O)Nc4ccccc4)c3n2)c1OC. The summed E-state index contributed by atoms with van der Waals surface area (Å²) in [4.78, 5) is 17.2. The summed E-state index contributed by atoms with van der Waals surface area (Å²) in [5.41, 5.74) is 2.49. The highest BCUT2D eigenvalue weighted by atomic mass is 16.5. The van der Waals surface area contributed by atoms with Crippen molar-refractivity contribution < 1.29 is 14.3 Å². The second kappa shape index (κ2) is 8.52. The third-order valence-electron chi connectivity index (χ3n) is 4.59. The molecule has 0 saturated heterocycles. The highest BCUT2D eigenvalue weighted by molar-refractivity contribution is 6.08. The second-order valence-electron chi connectivity index (χ2n) is 6.47. The molecule has 2 N–H and O–H groups in total. The van der Waals surface area contributed by atoms with Gasteiger partial charge in [0.25, 0.3) is 5.91 Å². The van der Waals surface area contributed by atoms with Crippen LogP contribution < -0.4 is 20.1 Å². The number of amides is 1. The van der Waals surface area contributed by atoms with Crippen molar-refractivity contribution in [3.05, 3.63) is 78.1 Å². The second-order valence-corrected chi connectivity index (χ2v) is 6.47. The van der Waals surface area contributed by atoms with Gasteiger partial charge in [-0.2, -0.15) is 5.10 Å². The van der Waals surface area contributed by atoms with Crippen LogP contribution in [-0.2, 0) is 6.54 Å². The zero-order valence-corrected chi connectivity index (χ0v) is 16.6. The van der Waals surface area contributed by atoms with E-state index < -0.39 is 0 Å². The number of anilines is 2. The summed E-state index contributed by atoms with van der Waals surface area (Å²) in [6.07, 6.45) is 3.27. The molecule has 0 radical (unpaired) electrons. The van der Waals surface area contributed by atoms with E-state index in [0.717, 1.165) is 5.56 Å². The van der Waals surface area contributed by atoms with Crippen molar-refractivity contribution in [2.45, 2.75) is 6.54 Å². The molecule has 0 fully saturated rings. The molecule has 4 aromatic rings. The summed E-state index contributed by atoms with van der Waals surface area (Å²) in [5, 5.41) is 10.3. The Morgan fingerprint density at radius 1 is 1.03 bits per heavy atom. The van der Waals surface area contributed by atoms with Crippen LogP contribution in [0.15, 0.2) is 67.0 Å². The maximum absolute atomic E-state index is 12.7. The molecule has 8 nitrogen and oxygen atoms in total. The molecule has 0 unspecified atom stereocenters. The lowest BCUT2D eigenvalue weighted by Crippen LogP contribution is -2.12. The van der Waals surface area contributed by atoms with Gasteiger partial charge in [-0.15, -0.1) is 0 Å². The van der Waals surface area contributed by atoms with Crippen molar-refractivity contribution in [1.29, 1.82) is 0 Å². The van der Waals surface area contributed by atoms with E-state index in [4.69, 9.17) is 9.47 Å². The van der Waals surface area contributed by atoms with Crippen LogP contribution in [0, 0.1) is 0 Å². The Hall–Kier alpha value is -4.07. The lowest BCUT2D eigenvalue weighted by Gasteiger charge is -2.13. The fourth-order valence-corrected chi connectivity index (χ4v) is 3.13. The van der Waals surface area contributed by atoms with E-state index in [2.05, 4.69) is 20.7 Å². The minimum Gasteiger partial charge on any atom is -0.493 e. The molecule has 0 atom stereocenters. The number of methoxy groups -OCH3 is 2. The molecule has 30 heavy (non-hydrogen) atoms. The predicted octanol–water partition coefficient (Wildman–Crippen LogP) is 3.61. The molecule has 2 heterocycles. The van der Waals surface area contributed by atoms with E-state index in [9.17, 15) is 4.79 Å². The van der Waals surface area contributed by atoms with Crippen LogP contribution in [0.1, 0.15) is 15.9 Å². The van der Waals surface area contributed by atoms with Crippen LogP contribution in [0.25, 0.3) is 5.65 Å². The van der Waals surface area contributed by atoms with E-state index in [0.29, 0.717) is 40.8 Å². The minimum atomic E-state index is -0.268. The molecule has 0 spiro atoms. The summed E-state index contributed by atoms with van der Waals surface area (Å²) >= 11 is 0. The molecular formula is C22H21N5O3. The Balaban J connectivity index is 1.55. The monoisotopic (exact) mass is 403 g/mol. The van der Waals surface area contributed by atoms with Crippen molar-refractivity contribution in [3.8, 4) is 11.5 Å². The Morgan fingerprint density at radius 3 is 2.63 bits per heavy atom. The molecule has 8 heteroatoms. The number of nitrogens with zero attached hydrogens (tertiary/aromatic N) is 3. The van der Waals surface area contributed by atoms with Crippen LogP contribution in [0.4, 0.5) is 11.5 Å². The van der Waals surface area contributed by atoms with E-state index in [1.807, 2.05) is 48.5 Å². The number of fused-ring (bicyclic) bond motifs is 1. The average molecular weight is 403 g/mol. The molecular weight excluding hydrogens is 382 g/mol. The highest BCUT2D eigenvalue weighted by Crippen LogP contribution is 2.31. The zero-order valence-electron chi connectivity index (χ0n) is 16.6. The lowest BCUT2D eigenvalue weighted by molar-refractivity contribution is 0.102. The molecule has 0 aliphatic heterocycles. The van der Waals surface area contributed by atoms with Crippen LogP contribution >= 0.6 is 0 Å². The number of para-hydroxylation sites is 2. The quantitative estimate of drug-likeness (QED) is 0.490. The summed E-state index contributed by atoms with van der Waals surface area (Å²) in [6, 6.07) is 16.8. The normalized spacial score (nSPS) is 10.6. The topological polar surface area (TPSA) is 89.8 Å². The molecule has 2 aromatic heterocycles. The van der Waals surface area contributed by atoms with Gasteiger partial charge in [0.1, 0.15) is 11.4 Å². The molecule has 1 amide bonds. The van der Waals surface area contributed by atoms with E-state index >= 15 is 0 Å². The standard InChI is InChI=1S/C22H21N5O3/c1-29-18-10-6-7-15(20(18)30-2)13-23-19-11-12-27-21(26-19)17(14-24-27)22(28)25-16-8-4-3-5-9-16/h3-12,14H,13H2,1-2H3,(H,23,26)(H,25,28). The number of nitrogens with one attached hydrogen (secondary N) is 2. The van der Waals surface area contributed by atoms with Crippen molar-refractivity contribution in [3.63, 3.8) is 0 Å². The van der Waals surface area contributed by atoms with Crippen molar-refractivity contribution in [1.82, 2.24) is 14.6 Å². The number of benzene rings is 2. The summed E-state index contributed by atoms with van der Waals surface area (Å²) in [7, 11) is 3.21. The van der Waals surface area contributed by atoms with E-state index in [-0.39, 0.29) is 5.91 Å². The third kappa shape index (κ3) is 3.88. The van der Waals surface area contributed by atoms with Gasteiger partial charge in [0.05, 0.1) is 20.4 Å². The van der Waals surface area contributed by atoms with Gasteiger partial charge in [-0.05, 0) is 24.3 Å². The van der Waals surface area contributed by atoms with E-state index in [1.165, 1.54) is 6.20 Å². The Morgan fingerprint density at radius 2 is 1.87 bits per heavy atom.